The number of carboxylic acids is 1. The van der Waals surface area contributed by atoms with Gasteiger partial charge in [0.05, 0.1) is 0 Å². The zero-order valence-corrected chi connectivity index (χ0v) is 8.38. The van der Waals surface area contributed by atoms with Crippen LogP contribution >= 0.6 is 0 Å². The third kappa shape index (κ3) is 1.93. The molecular formula is C11H13NO3. The fourth-order valence-electron chi connectivity index (χ4n) is 2.05. The van der Waals surface area contributed by atoms with Gasteiger partial charge in [0, 0.05) is 30.3 Å². The molecule has 15 heavy (non-hydrogen) atoms. The number of aromatic nitrogens is 1. The van der Waals surface area contributed by atoms with Gasteiger partial charge in [-0.25, -0.2) is 0 Å². The number of carbonyl (C=O) groups excluding carboxylic acids is 1. The predicted octanol–water partition coefficient (Wildman–Crippen LogP) is 1.55. The quantitative estimate of drug-likeness (QED) is 0.790. The van der Waals surface area contributed by atoms with Gasteiger partial charge in [0.15, 0.2) is 5.78 Å². The normalized spacial score (nSPS) is 15.1. The minimum absolute atomic E-state index is 0.0809. The molecule has 0 unspecified atom stereocenters. The van der Waals surface area contributed by atoms with E-state index in [1.807, 2.05) is 0 Å². The van der Waals surface area contributed by atoms with Gasteiger partial charge < -0.3 is 10.1 Å². The van der Waals surface area contributed by atoms with Crippen molar-refractivity contribution in [3.63, 3.8) is 0 Å². The number of Topliss-reactive ketones (excluding diaryl/α,β-unsaturated/α-hetero) is 1. The van der Waals surface area contributed by atoms with E-state index >= 15 is 0 Å². The van der Waals surface area contributed by atoms with E-state index in [9.17, 15) is 9.59 Å². The first kappa shape index (κ1) is 9.96. The topological polar surface area (TPSA) is 70.2 Å². The molecule has 80 valence electrons. The highest BCUT2D eigenvalue weighted by Crippen LogP contribution is 2.24. The Morgan fingerprint density at radius 3 is 3.00 bits per heavy atom. The molecule has 2 N–H and O–H groups in total. The number of H-pyrrole nitrogens is 1. The monoisotopic (exact) mass is 207 g/mol. The van der Waals surface area contributed by atoms with Gasteiger partial charge in [0.25, 0.3) is 0 Å². The minimum atomic E-state index is -0.826. The van der Waals surface area contributed by atoms with Crippen LogP contribution in [0, 0.1) is 0 Å². The Hall–Kier alpha value is -1.58. The average Bonchev–Trinajstić information content (AvgIpc) is 2.59. The number of ketones is 1. The van der Waals surface area contributed by atoms with E-state index in [0.29, 0.717) is 12.8 Å². The molecule has 1 aliphatic rings. The molecule has 0 atom stereocenters. The third-order valence-corrected chi connectivity index (χ3v) is 2.76. The Morgan fingerprint density at radius 1 is 1.47 bits per heavy atom. The smallest absolute Gasteiger partial charge is 0.303 e. The van der Waals surface area contributed by atoms with Crippen molar-refractivity contribution in [1.29, 1.82) is 0 Å². The Kier molecular flexibility index (Phi) is 2.58. The van der Waals surface area contributed by atoms with Crippen molar-refractivity contribution in [2.45, 2.75) is 32.1 Å². The maximum atomic E-state index is 11.6. The molecule has 4 nitrogen and oxygen atoms in total. The number of rotatable bonds is 3. The zero-order valence-electron chi connectivity index (χ0n) is 8.38. The van der Waals surface area contributed by atoms with Crippen LogP contribution in [-0.2, 0) is 17.6 Å². The SMILES string of the molecule is O=C(O)CCc1c[nH]c2c1C(=O)CCC2. The zero-order chi connectivity index (χ0) is 10.8. The second-order valence-corrected chi connectivity index (χ2v) is 3.84. The lowest BCUT2D eigenvalue weighted by atomic mass is 9.92. The molecule has 0 bridgehead atoms. The summed E-state index contributed by atoms with van der Waals surface area (Å²) in [7, 11) is 0. The first-order valence-electron chi connectivity index (χ1n) is 5.12. The molecule has 1 heterocycles. The lowest BCUT2D eigenvalue weighted by Crippen LogP contribution is -2.11. The molecule has 0 saturated heterocycles. The molecule has 0 saturated carbocycles. The van der Waals surface area contributed by atoms with Crippen LogP contribution in [0.25, 0.3) is 0 Å². The maximum Gasteiger partial charge on any atom is 0.303 e. The maximum absolute atomic E-state index is 11.6. The van der Waals surface area contributed by atoms with Gasteiger partial charge in [0.2, 0.25) is 0 Å². The molecule has 1 aliphatic carbocycles. The molecule has 0 spiro atoms. The fourth-order valence-corrected chi connectivity index (χ4v) is 2.05. The van der Waals surface area contributed by atoms with Crippen molar-refractivity contribution in [3.05, 3.63) is 23.0 Å². The van der Waals surface area contributed by atoms with Gasteiger partial charge in [-0.05, 0) is 24.8 Å². The molecule has 0 aliphatic heterocycles. The summed E-state index contributed by atoms with van der Waals surface area (Å²) in [5.41, 5.74) is 2.59. The van der Waals surface area contributed by atoms with Crippen LogP contribution in [0.4, 0.5) is 0 Å². The molecule has 4 heteroatoms. The highest BCUT2D eigenvalue weighted by atomic mass is 16.4. The van der Waals surface area contributed by atoms with Gasteiger partial charge in [-0.15, -0.1) is 0 Å². The first-order valence-corrected chi connectivity index (χ1v) is 5.12. The Morgan fingerprint density at radius 2 is 2.27 bits per heavy atom. The summed E-state index contributed by atoms with van der Waals surface area (Å²) >= 11 is 0. The van der Waals surface area contributed by atoms with E-state index in [1.165, 1.54) is 0 Å². The van der Waals surface area contributed by atoms with Crippen molar-refractivity contribution in [1.82, 2.24) is 4.98 Å². The Balaban J connectivity index is 2.22. The highest BCUT2D eigenvalue weighted by Gasteiger charge is 2.22. The number of carboxylic acid groups (broad SMARTS) is 1. The van der Waals surface area contributed by atoms with Crippen LogP contribution in [0.2, 0.25) is 0 Å². The fraction of sp³-hybridized carbons (Fsp3) is 0.455. The van der Waals surface area contributed by atoms with Gasteiger partial charge in [0.1, 0.15) is 0 Å². The Labute approximate surface area is 87.3 Å². The van der Waals surface area contributed by atoms with Gasteiger partial charge in [-0.1, -0.05) is 0 Å². The number of aryl methyl sites for hydroxylation is 2. The molecule has 0 amide bonds. The number of nitrogens with one attached hydrogen (secondary N) is 1. The number of aromatic amines is 1. The molecule has 0 fully saturated rings. The largest absolute Gasteiger partial charge is 0.481 e. The van der Waals surface area contributed by atoms with Crippen LogP contribution in [0.15, 0.2) is 6.20 Å². The summed E-state index contributed by atoms with van der Waals surface area (Å²) in [6.07, 6.45) is 4.67. The van der Waals surface area contributed by atoms with Crippen LogP contribution in [0.1, 0.15) is 40.9 Å². The number of hydrogen-bond acceptors (Lipinski definition) is 2. The van der Waals surface area contributed by atoms with Gasteiger partial charge in [-0.2, -0.15) is 0 Å². The first-order chi connectivity index (χ1) is 7.18. The van der Waals surface area contributed by atoms with Crippen molar-refractivity contribution < 1.29 is 14.7 Å². The van der Waals surface area contributed by atoms with E-state index in [0.717, 1.165) is 29.7 Å². The van der Waals surface area contributed by atoms with E-state index in [1.54, 1.807) is 6.20 Å². The van der Waals surface area contributed by atoms with Crippen molar-refractivity contribution in [3.8, 4) is 0 Å². The number of aliphatic carboxylic acids is 1. The molecule has 1 aromatic heterocycles. The summed E-state index contributed by atoms with van der Waals surface area (Å²) < 4.78 is 0. The van der Waals surface area contributed by atoms with Crippen LogP contribution in [-0.4, -0.2) is 21.8 Å². The summed E-state index contributed by atoms with van der Waals surface area (Å²) in [4.78, 5) is 25.2. The van der Waals surface area contributed by atoms with E-state index < -0.39 is 5.97 Å². The standard InChI is InChI=1S/C11H13NO3/c13-9-3-1-2-8-11(9)7(6-12-8)4-5-10(14)15/h6,12H,1-5H2,(H,14,15). The Bertz CT molecular complexity index is 406. The van der Waals surface area contributed by atoms with Crippen molar-refractivity contribution in [2.75, 3.05) is 0 Å². The van der Waals surface area contributed by atoms with Crippen LogP contribution in [0.5, 0.6) is 0 Å². The second-order valence-electron chi connectivity index (χ2n) is 3.84. The van der Waals surface area contributed by atoms with Gasteiger partial charge in [-0.3, -0.25) is 9.59 Å². The highest BCUT2D eigenvalue weighted by molar-refractivity contribution is 5.99. The summed E-state index contributed by atoms with van der Waals surface area (Å²) in [6.45, 7) is 0. The second kappa shape index (κ2) is 3.88. The lowest BCUT2D eigenvalue weighted by molar-refractivity contribution is -0.136. The number of fused-ring (bicyclic) bond motifs is 1. The van der Waals surface area contributed by atoms with Crippen LogP contribution in [0.3, 0.4) is 0 Å². The number of carbonyl (C=O) groups is 2. The van der Waals surface area contributed by atoms with E-state index in [4.69, 9.17) is 5.11 Å². The minimum Gasteiger partial charge on any atom is -0.481 e. The number of hydrogen-bond donors (Lipinski definition) is 2. The van der Waals surface area contributed by atoms with E-state index in [2.05, 4.69) is 4.98 Å². The van der Waals surface area contributed by atoms with Crippen LogP contribution < -0.4 is 0 Å². The molecule has 0 aromatic carbocycles. The van der Waals surface area contributed by atoms with E-state index in [-0.39, 0.29) is 12.2 Å². The molecule has 2 rings (SSSR count). The van der Waals surface area contributed by atoms with Crippen molar-refractivity contribution >= 4 is 11.8 Å². The van der Waals surface area contributed by atoms with Crippen molar-refractivity contribution in [2.24, 2.45) is 0 Å². The molecule has 0 radical (unpaired) electrons. The average molecular weight is 207 g/mol. The summed E-state index contributed by atoms with van der Waals surface area (Å²) in [6, 6.07) is 0. The summed E-state index contributed by atoms with van der Waals surface area (Å²) in [5.74, 6) is -0.675. The third-order valence-electron chi connectivity index (χ3n) is 2.76. The summed E-state index contributed by atoms with van der Waals surface area (Å²) in [5, 5.41) is 8.59. The molecular weight excluding hydrogens is 194 g/mol. The van der Waals surface area contributed by atoms with Gasteiger partial charge >= 0.3 is 5.97 Å². The lowest BCUT2D eigenvalue weighted by Gasteiger charge is -2.11. The molecule has 1 aromatic rings. The predicted molar refractivity (Wildman–Crippen MR) is 54.0 cm³/mol.